The van der Waals surface area contributed by atoms with Crippen LogP contribution in [-0.2, 0) is 16.1 Å². The lowest BCUT2D eigenvalue weighted by atomic mass is 9.87. The number of hydrogen-bond acceptors (Lipinski definition) is 3. The van der Waals surface area contributed by atoms with Crippen LogP contribution in [0, 0.1) is 5.92 Å². The first-order chi connectivity index (χ1) is 10.7. The summed E-state index contributed by atoms with van der Waals surface area (Å²) in [6.07, 6.45) is 7.38. The summed E-state index contributed by atoms with van der Waals surface area (Å²) < 4.78 is 7.35. The van der Waals surface area contributed by atoms with E-state index in [4.69, 9.17) is 4.74 Å². The Kier molecular flexibility index (Phi) is 6.19. The third-order valence-electron chi connectivity index (χ3n) is 3.95. The highest BCUT2D eigenvalue weighted by molar-refractivity contribution is 5.78. The summed E-state index contributed by atoms with van der Waals surface area (Å²) in [5, 5.41) is 0. The van der Waals surface area contributed by atoms with Gasteiger partial charge in [-0.05, 0) is 24.8 Å². The molecule has 22 heavy (non-hydrogen) atoms. The first kappa shape index (κ1) is 16.3. The summed E-state index contributed by atoms with van der Waals surface area (Å²) in [5.41, 5.74) is 1.03. The Morgan fingerprint density at radius 1 is 1.27 bits per heavy atom. The molecular weight excluding hydrogens is 276 g/mol. The maximum Gasteiger partial charge on any atom is 0.313 e. The van der Waals surface area contributed by atoms with Gasteiger partial charge in [-0.3, -0.25) is 4.79 Å². The van der Waals surface area contributed by atoms with Gasteiger partial charge in [-0.2, -0.15) is 0 Å². The van der Waals surface area contributed by atoms with Gasteiger partial charge in [0.1, 0.15) is 0 Å². The lowest BCUT2D eigenvalue weighted by Crippen LogP contribution is -2.21. The number of carbonyl (C=O) groups excluding carboxylic acids is 1. The van der Waals surface area contributed by atoms with Crippen molar-refractivity contribution in [2.45, 2.75) is 39.2 Å². The molecule has 0 radical (unpaired) electrons. The number of rotatable bonds is 8. The summed E-state index contributed by atoms with van der Waals surface area (Å²) in [5.74, 6) is 0.0798. The number of hydrogen-bond donors (Lipinski definition) is 0. The molecule has 0 aliphatic carbocycles. The molecule has 1 heterocycles. The van der Waals surface area contributed by atoms with Gasteiger partial charge in [0.05, 0.1) is 18.9 Å². The summed E-state index contributed by atoms with van der Waals surface area (Å²) in [6.45, 7) is 5.30. The van der Waals surface area contributed by atoms with Gasteiger partial charge < -0.3 is 9.30 Å². The molecule has 2 unspecified atom stereocenters. The van der Waals surface area contributed by atoms with Crippen LogP contribution in [0.5, 0.6) is 0 Å². The van der Waals surface area contributed by atoms with Gasteiger partial charge in [0.15, 0.2) is 0 Å². The molecule has 0 saturated carbocycles. The van der Waals surface area contributed by atoms with Crippen molar-refractivity contribution < 1.29 is 9.53 Å². The molecule has 1 aromatic heterocycles. The Labute approximate surface area is 132 Å². The van der Waals surface area contributed by atoms with Crippen LogP contribution in [0.2, 0.25) is 0 Å². The number of nitrogens with zero attached hydrogens (tertiary/aromatic N) is 2. The quantitative estimate of drug-likeness (QED) is 0.699. The maximum absolute atomic E-state index is 12.4. The zero-order chi connectivity index (χ0) is 15.8. The highest BCUT2D eigenvalue weighted by Gasteiger charge is 2.25. The molecular formula is C18H24N2O2. The van der Waals surface area contributed by atoms with E-state index in [0.717, 1.165) is 24.9 Å². The molecule has 0 spiro atoms. The number of aromatic nitrogens is 2. The van der Waals surface area contributed by atoms with Gasteiger partial charge in [0, 0.05) is 18.9 Å². The first-order valence-corrected chi connectivity index (χ1v) is 7.91. The Balaban J connectivity index is 2.12. The molecule has 1 aromatic carbocycles. The van der Waals surface area contributed by atoms with E-state index in [1.807, 2.05) is 49.8 Å². The van der Waals surface area contributed by atoms with Crippen LogP contribution in [0.15, 0.2) is 49.1 Å². The smallest absolute Gasteiger partial charge is 0.313 e. The second-order valence-corrected chi connectivity index (χ2v) is 5.48. The molecule has 0 bridgehead atoms. The first-order valence-electron chi connectivity index (χ1n) is 7.91. The van der Waals surface area contributed by atoms with Crippen molar-refractivity contribution >= 4 is 5.97 Å². The number of carbonyl (C=O) groups is 1. The Hall–Kier alpha value is -2.10. The minimum atomic E-state index is -0.199. The average molecular weight is 300 g/mol. The summed E-state index contributed by atoms with van der Waals surface area (Å²) in [6, 6.07) is 9.92. The van der Waals surface area contributed by atoms with Crippen LogP contribution >= 0.6 is 0 Å². The molecule has 4 nitrogen and oxygen atoms in total. The average Bonchev–Trinajstić information content (AvgIpc) is 3.05. The Bertz CT molecular complexity index is 552. The molecule has 0 aliphatic rings. The van der Waals surface area contributed by atoms with Crippen LogP contribution in [0.25, 0.3) is 0 Å². The van der Waals surface area contributed by atoms with E-state index in [1.54, 1.807) is 6.20 Å². The SMILES string of the molecule is CCOC(=O)C(CC(CC)Cn1ccnc1)c1ccccc1. The number of ether oxygens (including phenoxy) is 1. The molecule has 2 aromatic rings. The van der Waals surface area contributed by atoms with Crippen LogP contribution in [0.3, 0.4) is 0 Å². The summed E-state index contributed by atoms with van der Waals surface area (Å²) in [4.78, 5) is 16.4. The maximum atomic E-state index is 12.4. The lowest BCUT2D eigenvalue weighted by molar-refractivity contribution is -0.145. The molecule has 2 atom stereocenters. The normalized spacial score (nSPS) is 13.5. The lowest BCUT2D eigenvalue weighted by Gasteiger charge is -2.22. The fourth-order valence-corrected chi connectivity index (χ4v) is 2.69. The molecule has 0 amide bonds. The number of esters is 1. The number of imidazole rings is 1. The summed E-state index contributed by atoms with van der Waals surface area (Å²) in [7, 11) is 0. The third kappa shape index (κ3) is 4.45. The van der Waals surface area contributed by atoms with Gasteiger partial charge in [0.2, 0.25) is 0 Å². The van der Waals surface area contributed by atoms with E-state index < -0.39 is 0 Å². The van der Waals surface area contributed by atoms with Gasteiger partial charge in [-0.15, -0.1) is 0 Å². The molecule has 2 rings (SSSR count). The van der Waals surface area contributed by atoms with Crippen molar-refractivity contribution in [1.29, 1.82) is 0 Å². The highest BCUT2D eigenvalue weighted by Crippen LogP contribution is 2.28. The minimum absolute atomic E-state index is 0.127. The van der Waals surface area contributed by atoms with Crippen molar-refractivity contribution in [3.63, 3.8) is 0 Å². The second-order valence-electron chi connectivity index (χ2n) is 5.48. The Morgan fingerprint density at radius 2 is 2.05 bits per heavy atom. The second kappa shape index (κ2) is 8.37. The fraction of sp³-hybridized carbons (Fsp3) is 0.444. The predicted molar refractivity (Wildman–Crippen MR) is 86.4 cm³/mol. The molecule has 0 fully saturated rings. The van der Waals surface area contributed by atoms with Crippen molar-refractivity contribution in [1.82, 2.24) is 9.55 Å². The van der Waals surface area contributed by atoms with Crippen molar-refractivity contribution in [3.05, 3.63) is 54.6 Å². The van der Waals surface area contributed by atoms with Crippen LogP contribution < -0.4 is 0 Å². The van der Waals surface area contributed by atoms with E-state index in [9.17, 15) is 4.79 Å². The van der Waals surface area contributed by atoms with Gasteiger partial charge >= 0.3 is 5.97 Å². The molecule has 118 valence electrons. The Morgan fingerprint density at radius 3 is 2.64 bits per heavy atom. The molecule has 0 N–H and O–H groups in total. The largest absolute Gasteiger partial charge is 0.466 e. The molecule has 0 aliphatic heterocycles. The minimum Gasteiger partial charge on any atom is -0.466 e. The van der Waals surface area contributed by atoms with E-state index in [-0.39, 0.29) is 11.9 Å². The third-order valence-corrected chi connectivity index (χ3v) is 3.95. The highest BCUT2D eigenvalue weighted by atomic mass is 16.5. The van der Waals surface area contributed by atoms with Crippen molar-refractivity contribution in [2.24, 2.45) is 5.92 Å². The van der Waals surface area contributed by atoms with Crippen LogP contribution in [-0.4, -0.2) is 22.1 Å². The van der Waals surface area contributed by atoms with E-state index >= 15 is 0 Å². The monoisotopic (exact) mass is 300 g/mol. The fourth-order valence-electron chi connectivity index (χ4n) is 2.69. The van der Waals surface area contributed by atoms with Crippen LogP contribution in [0.1, 0.15) is 38.2 Å². The van der Waals surface area contributed by atoms with Crippen molar-refractivity contribution in [3.8, 4) is 0 Å². The van der Waals surface area contributed by atoms with Crippen LogP contribution in [0.4, 0.5) is 0 Å². The molecule has 0 saturated heterocycles. The summed E-state index contributed by atoms with van der Waals surface area (Å²) >= 11 is 0. The van der Waals surface area contributed by atoms with E-state index in [0.29, 0.717) is 12.5 Å². The van der Waals surface area contributed by atoms with Gasteiger partial charge in [-0.25, -0.2) is 4.98 Å². The van der Waals surface area contributed by atoms with Gasteiger partial charge in [-0.1, -0.05) is 43.7 Å². The van der Waals surface area contributed by atoms with E-state index in [1.165, 1.54) is 0 Å². The zero-order valence-electron chi connectivity index (χ0n) is 13.3. The number of benzene rings is 1. The topological polar surface area (TPSA) is 44.1 Å². The predicted octanol–water partition coefficient (Wildman–Crippen LogP) is 3.65. The molecule has 4 heteroatoms. The van der Waals surface area contributed by atoms with E-state index in [2.05, 4.69) is 16.5 Å². The standard InChI is InChI=1S/C18H24N2O2/c1-3-15(13-20-11-10-19-14-20)12-17(18(21)22-4-2)16-8-6-5-7-9-16/h5-11,14-15,17H,3-4,12-13H2,1-2H3. The van der Waals surface area contributed by atoms with Crippen molar-refractivity contribution in [2.75, 3.05) is 6.61 Å². The van der Waals surface area contributed by atoms with Gasteiger partial charge in [0.25, 0.3) is 0 Å². The zero-order valence-corrected chi connectivity index (χ0v) is 13.3.